The van der Waals surface area contributed by atoms with Crippen LogP contribution < -0.4 is 0 Å². The minimum Gasteiger partial charge on any atom is -0.295 e. The summed E-state index contributed by atoms with van der Waals surface area (Å²) in [6, 6.07) is 0. The third kappa shape index (κ3) is 1.84. The summed E-state index contributed by atoms with van der Waals surface area (Å²) in [7, 11) is 0. The van der Waals surface area contributed by atoms with Crippen LogP contribution in [-0.4, -0.2) is 5.78 Å². The van der Waals surface area contributed by atoms with E-state index in [1.807, 2.05) is 0 Å². The van der Waals surface area contributed by atoms with Gasteiger partial charge < -0.3 is 0 Å². The fraction of sp³-hybridized carbons (Fsp3) is 0.375. The summed E-state index contributed by atoms with van der Waals surface area (Å²) in [5, 5.41) is 0. The Hall–Kier alpha value is -0.850. The lowest BCUT2D eigenvalue weighted by molar-refractivity contribution is -0.115. The standard InChI is InChI=1S/C8H10O/c1-2-3-4-8(9)7-5-6-7/h2-4,7H,1,5-6H2/b4-3+. The van der Waals surface area contributed by atoms with Crippen LogP contribution in [0.1, 0.15) is 12.8 Å². The molecular weight excluding hydrogens is 112 g/mol. The van der Waals surface area contributed by atoms with E-state index >= 15 is 0 Å². The Morgan fingerprint density at radius 1 is 1.56 bits per heavy atom. The van der Waals surface area contributed by atoms with Crippen LogP contribution >= 0.6 is 0 Å². The van der Waals surface area contributed by atoms with Gasteiger partial charge >= 0.3 is 0 Å². The molecule has 0 bridgehead atoms. The minimum atomic E-state index is 0.259. The molecule has 1 rings (SSSR count). The average Bonchev–Trinajstić information content (AvgIpc) is 2.63. The third-order valence-corrected chi connectivity index (χ3v) is 1.38. The Morgan fingerprint density at radius 3 is 2.67 bits per heavy atom. The van der Waals surface area contributed by atoms with Gasteiger partial charge in [-0.3, -0.25) is 4.79 Å². The number of allylic oxidation sites excluding steroid dienone is 3. The Morgan fingerprint density at radius 2 is 2.22 bits per heavy atom. The van der Waals surface area contributed by atoms with Gasteiger partial charge in [0.15, 0.2) is 5.78 Å². The van der Waals surface area contributed by atoms with E-state index in [0.29, 0.717) is 5.92 Å². The molecule has 0 N–H and O–H groups in total. The summed E-state index contributed by atoms with van der Waals surface area (Å²) in [5.74, 6) is 0.608. The maximum absolute atomic E-state index is 10.8. The number of hydrogen-bond acceptors (Lipinski definition) is 1. The Balaban J connectivity index is 2.33. The molecule has 1 nitrogen and oxygen atoms in total. The lowest BCUT2D eigenvalue weighted by Crippen LogP contribution is -1.92. The van der Waals surface area contributed by atoms with Crippen LogP contribution in [0.4, 0.5) is 0 Å². The Bertz CT molecular complexity index is 152. The average molecular weight is 122 g/mol. The van der Waals surface area contributed by atoms with Gasteiger partial charge in [0.25, 0.3) is 0 Å². The van der Waals surface area contributed by atoms with Crippen LogP contribution in [0.15, 0.2) is 24.8 Å². The predicted molar refractivity (Wildman–Crippen MR) is 37.1 cm³/mol. The molecule has 0 radical (unpaired) electrons. The van der Waals surface area contributed by atoms with Crippen molar-refractivity contribution in [2.45, 2.75) is 12.8 Å². The molecule has 0 saturated heterocycles. The topological polar surface area (TPSA) is 17.1 Å². The van der Waals surface area contributed by atoms with Crippen LogP contribution in [0.25, 0.3) is 0 Å². The molecule has 0 amide bonds. The lowest BCUT2D eigenvalue weighted by Gasteiger charge is -1.82. The SMILES string of the molecule is C=C/C=C/C(=O)C1CC1. The molecule has 0 heterocycles. The van der Waals surface area contributed by atoms with E-state index in [-0.39, 0.29) is 5.78 Å². The molecule has 0 aromatic rings. The van der Waals surface area contributed by atoms with Crippen molar-refractivity contribution in [3.8, 4) is 0 Å². The molecule has 1 aliphatic carbocycles. The Kier molecular flexibility index (Phi) is 1.83. The van der Waals surface area contributed by atoms with E-state index in [1.54, 1.807) is 18.2 Å². The van der Waals surface area contributed by atoms with Gasteiger partial charge in [0.1, 0.15) is 0 Å². The molecule has 1 saturated carbocycles. The van der Waals surface area contributed by atoms with E-state index in [0.717, 1.165) is 12.8 Å². The molecule has 1 heteroatoms. The molecule has 9 heavy (non-hydrogen) atoms. The highest BCUT2D eigenvalue weighted by Crippen LogP contribution is 2.29. The highest BCUT2D eigenvalue weighted by molar-refractivity contribution is 5.93. The summed E-state index contributed by atoms with van der Waals surface area (Å²) in [6.07, 6.45) is 7.09. The third-order valence-electron chi connectivity index (χ3n) is 1.38. The van der Waals surface area contributed by atoms with Gasteiger partial charge in [-0.2, -0.15) is 0 Å². The fourth-order valence-electron chi connectivity index (χ4n) is 0.667. The van der Waals surface area contributed by atoms with Crippen molar-refractivity contribution in [1.29, 1.82) is 0 Å². The second-order valence-corrected chi connectivity index (χ2v) is 2.27. The summed E-state index contributed by atoms with van der Waals surface area (Å²) < 4.78 is 0. The zero-order valence-corrected chi connectivity index (χ0v) is 5.34. The van der Waals surface area contributed by atoms with Gasteiger partial charge in [-0.25, -0.2) is 0 Å². The maximum Gasteiger partial charge on any atom is 0.158 e. The van der Waals surface area contributed by atoms with Gasteiger partial charge in [-0.15, -0.1) is 0 Å². The molecule has 0 spiro atoms. The van der Waals surface area contributed by atoms with Crippen LogP contribution in [0.5, 0.6) is 0 Å². The molecular formula is C8H10O. The second-order valence-electron chi connectivity index (χ2n) is 2.27. The second kappa shape index (κ2) is 2.62. The normalized spacial score (nSPS) is 18.2. The van der Waals surface area contributed by atoms with Crippen molar-refractivity contribution >= 4 is 5.78 Å². The molecule has 1 aliphatic rings. The van der Waals surface area contributed by atoms with Gasteiger partial charge in [-0.1, -0.05) is 18.7 Å². The Labute approximate surface area is 55.1 Å². The molecule has 0 aliphatic heterocycles. The summed E-state index contributed by atoms with van der Waals surface area (Å²) in [5.41, 5.74) is 0. The number of carbonyl (C=O) groups excluding carboxylic acids is 1. The van der Waals surface area contributed by atoms with Gasteiger partial charge in [0, 0.05) is 5.92 Å². The first kappa shape index (κ1) is 6.27. The number of hydrogen-bond donors (Lipinski definition) is 0. The first-order valence-corrected chi connectivity index (χ1v) is 3.17. The van der Waals surface area contributed by atoms with Gasteiger partial charge in [0.05, 0.1) is 0 Å². The summed E-state index contributed by atoms with van der Waals surface area (Å²) in [4.78, 5) is 10.8. The quantitative estimate of drug-likeness (QED) is 0.411. The minimum absolute atomic E-state index is 0.259. The van der Waals surface area contributed by atoms with Crippen molar-refractivity contribution in [1.82, 2.24) is 0 Å². The lowest BCUT2D eigenvalue weighted by atomic mass is 10.2. The molecule has 0 unspecified atom stereocenters. The largest absolute Gasteiger partial charge is 0.295 e. The molecule has 0 atom stereocenters. The first-order chi connectivity index (χ1) is 4.34. The van der Waals surface area contributed by atoms with E-state index < -0.39 is 0 Å². The van der Waals surface area contributed by atoms with E-state index in [1.165, 1.54) is 0 Å². The molecule has 48 valence electrons. The monoisotopic (exact) mass is 122 g/mol. The van der Waals surface area contributed by atoms with Gasteiger partial charge in [-0.05, 0) is 18.9 Å². The van der Waals surface area contributed by atoms with E-state index in [4.69, 9.17) is 0 Å². The zero-order valence-electron chi connectivity index (χ0n) is 5.34. The van der Waals surface area contributed by atoms with E-state index in [9.17, 15) is 4.79 Å². The highest BCUT2D eigenvalue weighted by atomic mass is 16.1. The molecule has 0 aromatic heterocycles. The first-order valence-electron chi connectivity index (χ1n) is 3.17. The smallest absolute Gasteiger partial charge is 0.158 e. The molecule has 1 fully saturated rings. The van der Waals surface area contributed by atoms with Crippen LogP contribution in [0.2, 0.25) is 0 Å². The maximum atomic E-state index is 10.8. The fourth-order valence-corrected chi connectivity index (χ4v) is 0.667. The summed E-state index contributed by atoms with van der Waals surface area (Å²) in [6.45, 7) is 3.47. The molecule has 0 aromatic carbocycles. The zero-order chi connectivity index (χ0) is 6.69. The summed E-state index contributed by atoms with van der Waals surface area (Å²) >= 11 is 0. The highest BCUT2D eigenvalue weighted by Gasteiger charge is 2.26. The van der Waals surface area contributed by atoms with Crippen LogP contribution in [-0.2, 0) is 4.79 Å². The van der Waals surface area contributed by atoms with Crippen molar-refractivity contribution in [2.24, 2.45) is 5.92 Å². The van der Waals surface area contributed by atoms with Crippen molar-refractivity contribution in [3.63, 3.8) is 0 Å². The van der Waals surface area contributed by atoms with Gasteiger partial charge in [0.2, 0.25) is 0 Å². The number of carbonyl (C=O) groups is 1. The van der Waals surface area contributed by atoms with Crippen molar-refractivity contribution in [3.05, 3.63) is 24.8 Å². The van der Waals surface area contributed by atoms with Crippen LogP contribution in [0, 0.1) is 5.92 Å². The number of rotatable bonds is 3. The van der Waals surface area contributed by atoms with Crippen molar-refractivity contribution < 1.29 is 4.79 Å². The number of ketones is 1. The predicted octanol–water partition coefficient (Wildman–Crippen LogP) is 1.71. The van der Waals surface area contributed by atoms with E-state index in [2.05, 4.69) is 6.58 Å². The van der Waals surface area contributed by atoms with Crippen LogP contribution in [0.3, 0.4) is 0 Å². The van der Waals surface area contributed by atoms with Crippen molar-refractivity contribution in [2.75, 3.05) is 0 Å².